The van der Waals surface area contributed by atoms with Gasteiger partial charge in [0.25, 0.3) is 0 Å². The van der Waals surface area contributed by atoms with Crippen LogP contribution >= 0.6 is 0 Å². The van der Waals surface area contributed by atoms with Gasteiger partial charge in [0.2, 0.25) is 0 Å². The van der Waals surface area contributed by atoms with Gasteiger partial charge >= 0.3 is 0 Å². The van der Waals surface area contributed by atoms with Crippen molar-refractivity contribution in [1.82, 2.24) is 4.90 Å². The lowest BCUT2D eigenvalue weighted by atomic mass is 10.1. The van der Waals surface area contributed by atoms with Crippen molar-refractivity contribution in [1.29, 1.82) is 0 Å². The van der Waals surface area contributed by atoms with Gasteiger partial charge in [0.15, 0.2) is 0 Å². The van der Waals surface area contributed by atoms with Crippen LogP contribution < -0.4 is 0 Å². The molecule has 2 rings (SSSR count). The van der Waals surface area contributed by atoms with Crippen molar-refractivity contribution < 1.29 is 5.11 Å². The number of hydrogen-bond donors (Lipinski definition) is 1. The van der Waals surface area contributed by atoms with Gasteiger partial charge < -0.3 is 5.11 Å². The molecule has 1 aliphatic heterocycles. The van der Waals surface area contributed by atoms with Crippen LogP contribution in [0.5, 0.6) is 0 Å². The van der Waals surface area contributed by atoms with E-state index in [-0.39, 0.29) is 6.10 Å². The largest absolute Gasteiger partial charge is 0.392 e. The summed E-state index contributed by atoms with van der Waals surface area (Å²) in [6.45, 7) is 6.16. The first-order valence-electron chi connectivity index (χ1n) is 5.65. The summed E-state index contributed by atoms with van der Waals surface area (Å²) in [5, 5.41) is 9.51. The van der Waals surface area contributed by atoms with Gasteiger partial charge in [-0.1, -0.05) is 29.8 Å². The van der Waals surface area contributed by atoms with E-state index in [0.717, 1.165) is 19.5 Å². The van der Waals surface area contributed by atoms with E-state index in [1.807, 2.05) is 0 Å². The van der Waals surface area contributed by atoms with Crippen molar-refractivity contribution in [2.75, 3.05) is 13.1 Å². The van der Waals surface area contributed by atoms with Crippen LogP contribution in [0.15, 0.2) is 24.3 Å². The van der Waals surface area contributed by atoms with Crippen LogP contribution in [-0.4, -0.2) is 29.2 Å². The second-order valence-corrected chi connectivity index (χ2v) is 4.53. The van der Waals surface area contributed by atoms with Crippen molar-refractivity contribution in [2.45, 2.75) is 32.4 Å². The van der Waals surface area contributed by atoms with Crippen molar-refractivity contribution in [2.24, 2.45) is 0 Å². The first-order chi connectivity index (χ1) is 7.16. The zero-order chi connectivity index (χ0) is 10.8. The number of aliphatic hydroxyl groups is 1. The highest BCUT2D eigenvalue weighted by Gasteiger charge is 2.24. The second kappa shape index (κ2) is 4.33. The van der Waals surface area contributed by atoms with Gasteiger partial charge in [0, 0.05) is 19.1 Å². The standard InChI is InChI=1S/C13H19NO/c1-10-4-3-5-12(8-10)11(2)14-7-6-13(15)9-14/h3-5,8,11,13,15H,6-7,9H2,1-2H3/t11?,13-/m1/s1. The summed E-state index contributed by atoms with van der Waals surface area (Å²) < 4.78 is 0. The molecular weight excluding hydrogens is 186 g/mol. The Morgan fingerprint density at radius 1 is 1.47 bits per heavy atom. The van der Waals surface area contributed by atoms with Crippen molar-refractivity contribution in [3.05, 3.63) is 35.4 Å². The molecule has 15 heavy (non-hydrogen) atoms. The van der Waals surface area contributed by atoms with E-state index < -0.39 is 0 Å². The summed E-state index contributed by atoms with van der Waals surface area (Å²) in [6, 6.07) is 9.04. The van der Waals surface area contributed by atoms with Crippen LogP contribution in [0.4, 0.5) is 0 Å². The Morgan fingerprint density at radius 3 is 2.87 bits per heavy atom. The average molecular weight is 205 g/mol. The Labute approximate surface area is 91.5 Å². The molecule has 0 aliphatic carbocycles. The number of benzene rings is 1. The highest BCUT2D eigenvalue weighted by atomic mass is 16.3. The molecule has 1 aromatic carbocycles. The molecule has 1 aliphatic rings. The molecule has 82 valence electrons. The predicted molar refractivity (Wildman–Crippen MR) is 61.8 cm³/mol. The minimum Gasteiger partial charge on any atom is -0.392 e. The average Bonchev–Trinajstić information content (AvgIpc) is 2.64. The summed E-state index contributed by atoms with van der Waals surface area (Å²) >= 11 is 0. The molecular formula is C13H19NO. The lowest BCUT2D eigenvalue weighted by Gasteiger charge is -2.24. The summed E-state index contributed by atoms with van der Waals surface area (Å²) in [7, 11) is 0. The van der Waals surface area contributed by atoms with E-state index in [4.69, 9.17) is 0 Å². The Hall–Kier alpha value is -0.860. The summed E-state index contributed by atoms with van der Waals surface area (Å²) in [4.78, 5) is 2.35. The molecule has 0 aromatic heterocycles. The maximum atomic E-state index is 9.51. The van der Waals surface area contributed by atoms with E-state index in [0.29, 0.717) is 6.04 Å². The highest BCUT2D eigenvalue weighted by Crippen LogP contribution is 2.24. The summed E-state index contributed by atoms with van der Waals surface area (Å²) in [6.07, 6.45) is 0.785. The Bertz CT molecular complexity index is 337. The molecule has 1 N–H and O–H groups in total. The quantitative estimate of drug-likeness (QED) is 0.799. The van der Waals surface area contributed by atoms with Crippen LogP contribution in [0.25, 0.3) is 0 Å². The fourth-order valence-electron chi connectivity index (χ4n) is 2.26. The second-order valence-electron chi connectivity index (χ2n) is 4.53. The third-order valence-corrected chi connectivity index (χ3v) is 3.27. The summed E-state index contributed by atoms with van der Waals surface area (Å²) in [5.41, 5.74) is 2.66. The number of rotatable bonds is 2. The molecule has 1 fully saturated rings. The maximum Gasteiger partial charge on any atom is 0.0679 e. The molecule has 2 nitrogen and oxygen atoms in total. The molecule has 1 heterocycles. The lowest BCUT2D eigenvalue weighted by Crippen LogP contribution is -2.25. The molecule has 0 amide bonds. The van der Waals surface area contributed by atoms with Gasteiger partial charge in [-0.05, 0) is 25.8 Å². The zero-order valence-corrected chi connectivity index (χ0v) is 9.48. The molecule has 1 saturated heterocycles. The van der Waals surface area contributed by atoms with Crippen LogP contribution in [-0.2, 0) is 0 Å². The first kappa shape index (κ1) is 10.7. The fraction of sp³-hybridized carbons (Fsp3) is 0.538. The van der Waals surface area contributed by atoms with Gasteiger partial charge in [-0.3, -0.25) is 4.90 Å². The van der Waals surface area contributed by atoms with Gasteiger partial charge in [0.1, 0.15) is 0 Å². The van der Waals surface area contributed by atoms with Crippen LogP contribution in [0.3, 0.4) is 0 Å². The lowest BCUT2D eigenvalue weighted by molar-refractivity contribution is 0.163. The van der Waals surface area contributed by atoms with E-state index >= 15 is 0 Å². The normalized spacial score (nSPS) is 24.3. The van der Waals surface area contributed by atoms with Crippen molar-refractivity contribution >= 4 is 0 Å². The van der Waals surface area contributed by atoms with Gasteiger partial charge in [0.05, 0.1) is 6.10 Å². The Balaban J connectivity index is 2.10. The highest BCUT2D eigenvalue weighted by molar-refractivity contribution is 5.24. The van der Waals surface area contributed by atoms with Gasteiger partial charge in [-0.2, -0.15) is 0 Å². The SMILES string of the molecule is Cc1cccc(C(C)N2CC[C@@H](O)C2)c1. The third kappa shape index (κ3) is 2.39. The number of β-amino-alcohol motifs (C(OH)–C–C–N with tert-alkyl or cyclic N) is 1. The fourth-order valence-corrected chi connectivity index (χ4v) is 2.26. The van der Waals surface area contributed by atoms with Crippen molar-refractivity contribution in [3.63, 3.8) is 0 Å². The van der Waals surface area contributed by atoms with Gasteiger partial charge in [-0.25, -0.2) is 0 Å². The van der Waals surface area contributed by atoms with E-state index in [1.165, 1.54) is 11.1 Å². The maximum absolute atomic E-state index is 9.51. The van der Waals surface area contributed by atoms with Gasteiger partial charge in [-0.15, -0.1) is 0 Å². The summed E-state index contributed by atoms with van der Waals surface area (Å²) in [5.74, 6) is 0. The Morgan fingerprint density at radius 2 is 2.27 bits per heavy atom. The van der Waals surface area contributed by atoms with E-state index in [1.54, 1.807) is 0 Å². The molecule has 0 radical (unpaired) electrons. The number of hydrogen-bond acceptors (Lipinski definition) is 2. The minimum atomic E-state index is -0.128. The molecule has 0 spiro atoms. The molecule has 0 bridgehead atoms. The molecule has 0 saturated carbocycles. The number of nitrogens with zero attached hydrogens (tertiary/aromatic N) is 1. The Kier molecular flexibility index (Phi) is 3.08. The van der Waals surface area contributed by atoms with E-state index in [9.17, 15) is 5.11 Å². The molecule has 2 heteroatoms. The third-order valence-electron chi connectivity index (χ3n) is 3.27. The van der Waals surface area contributed by atoms with Crippen LogP contribution in [0.2, 0.25) is 0 Å². The van der Waals surface area contributed by atoms with Crippen LogP contribution in [0, 0.1) is 6.92 Å². The number of aryl methyl sites for hydroxylation is 1. The monoisotopic (exact) mass is 205 g/mol. The minimum absolute atomic E-state index is 0.128. The van der Waals surface area contributed by atoms with E-state index in [2.05, 4.69) is 43.0 Å². The smallest absolute Gasteiger partial charge is 0.0679 e. The molecule has 1 aromatic rings. The molecule has 2 atom stereocenters. The topological polar surface area (TPSA) is 23.5 Å². The number of likely N-dealkylation sites (tertiary alicyclic amines) is 1. The molecule has 1 unspecified atom stereocenters. The number of aliphatic hydroxyl groups excluding tert-OH is 1. The zero-order valence-electron chi connectivity index (χ0n) is 9.48. The predicted octanol–water partition coefficient (Wildman–Crippen LogP) is 2.12. The first-order valence-corrected chi connectivity index (χ1v) is 5.65. The van der Waals surface area contributed by atoms with Crippen molar-refractivity contribution in [3.8, 4) is 0 Å². The van der Waals surface area contributed by atoms with Crippen LogP contribution in [0.1, 0.15) is 30.5 Å².